The molecular weight excluding hydrogens is 386 g/mol. The number of carbonyl (C=O) groups excluding carboxylic acids is 1. The lowest BCUT2D eigenvalue weighted by atomic mass is 9.87. The van der Waals surface area contributed by atoms with Gasteiger partial charge in [0.2, 0.25) is 0 Å². The van der Waals surface area contributed by atoms with Gasteiger partial charge in [0, 0.05) is 37.6 Å². The summed E-state index contributed by atoms with van der Waals surface area (Å²) in [5, 5.41) is 3.02. The first-order valence-electron chi connectivity index (χ1n) is 11.3. The maximum atomic E-state index is 12.7. The van der Waals surface area contributed by atoms with Gasteiger partial charge in [-0.25, -0.2) is 0 Å². The van der Waals surface area contributed by atoms with Gasteiger partial charge in [-0.2, -0.15) is 0 Å². The lowest BCUT2D eigenvalue weighted by Crippen LogP contribution is -2.46. The number of benzene rings is 2. The quantitative estimate of drug-likeness (QED) is 0.722. The summed E-state index contributed by atoms with van der Waals surface area (Å²) >= 11 is 0. The molecule has 2 aromatic rings. The molecule has 1 saturated heterocycles. The van der Waals surface area contributed by atoms with Gasteiger partial charge < -0.3 is 19.9 Å². The molecule has 1 aliphatic heterocycles. The third-order valence-electron chi connectivity index (χ3n) is 6.05. The average molecular weight is 424 g/mol. The first-order chi connectivity index (χ1) is 14.7. The summed E-state index contributed by atoms with van der Waals surface area (Å²) < 4.78 is 5.87. The van der Waals surface area contributed by atoms with Crippen LogP contribution >= 0.6 is 0 Å². The van der Waals surface area contributed by atoms with E-state index in [9.17, 15) is 4.79 Å². The van der Waals surface area contributed by atoms with Crippen molar-refractivity contribution in [3.05, 3.63) is 53.6 Å². The number of nitrogens with zero attached hydrogens (tertiary/aromatic N) is 2. The third kappa shape index (κ3) is 6.01. The minimum absolute atomic E-state index is 0.0921. The average Bonchev–Trinajstić information content (AvgIpc) is 2.75. The summed E-state index contributed by atoms with van der Waals surface area (Å²) in [6.45, 7) is 18.0. The predicted octanol–water partition coefficient (Wildman–Crippen LogP) is 4.84. The highest BCUT2D eigenvalue weighted by molar-refractivity contribution is 5.95. The second-order valence-electron chi connectivity index (χ2n) is 9.44. The van der Waals surface area contributed by atoms with E-state index in [0.29, 0.717) is 5.75 Å². The number of rotatable bonds is 6. The molecule has 1 amide bonds. The highest BCUT2D eigenvalue weighted by Crippen LogP contribution is 2.26. The predicted molar refractivity (Wildman–Crippen MR) is 129 cm³/mol. The van der Waals surface area contributed by atoms with Gasteiger partial charge >= 0.3 is 0 Å². The van der Waals surface area contributed by atoms with Crippen molar-refractivity contribution in [1.29, 1.82) is 0 Å². The van der Waals surface area contributed by atoms with Gasteiger partial charge in [-0.15, -0.1) is 0 Å². The molecule has 1 unspecified atom stereocenters. The molecule has 31 heavy (non-hydrogen) atoms. The van der Waals surface area contributed by atoms with Crippen LogP contribution in [0.4, 0.5) is 11.4 Å². The molecule has 3 rings (SSSR count). The van der Waals surface area contributed by atoms with Crippen LogP contribution in [-0.2, 0) is 10.2 Å². The maximum absolute atomic E-state index is 12.7. The molecule has 1 N–H and O–H groups in total. The number of aryl methyl sites for hydroxylation is 1. The Labute approximate surface area is 187 Å². The normalized spacial score (nSPS) is 16.1. The Morgan fingerprint density at radius 2 is 1.71 bits per heavy atom. The van der Waals surface area contributed by atoms with Gasteiger partial charge in [-0.1, -0.05) is 39.8 Å². The van der Waals surface area contributed by atoms with Crippen LogP contribution in [0.25, 0.3) is 0 Å². The number of ether oxygens (including phenoxy) is 1. The van der Waals surface area contributed by atoms with Crippen molar-refractivity contribution in [2.45, 2.75) is 53.1 Å². The summed E-state index contributed by atoms with van der Waals surface area (Å²) in [6, 6.07) is 14.2. The van der Waals surface area contributed by atoms with Crippen LogP contribution in [-0.4, -0.2) is 49.6 Å². The second-order valence-corrected chi connectivity index (χ2v) is 9.44. The standard InChI is InChI=1S/C26H37N3O2/c1-7-28-14-16-29(17-15-28)22-10-13-24(19(2)18-22)27-25(30)20(3)31-23-11-8-21(9-12-23)26(4,5)6/h8-13,18,20H,7,14-17H2,1-6H3,(H,27,30). The van der Waals surface area contributed by atoms with E-state index in [2.05, 4.69) is 67.1 Å². The van der Waals surface area contributed by atoms with Gasteiger partial charge in [-0.05, 0) is 67.3 Å². The number of amides is 1. The van der Waals surface area contributed by atoms with Gasteiger partial charge in [0.1, 0.15) is 5.75 Å². The Morgan fingerprint density at radius 1 is 1.06 bits per heavy atom. The molecule has 5 heteroatoms. The van der Waals surface area contributed by atoms with Crippen LogP contribution < -0.4 is 15.0 Å². The molecule has 1 atom stereocenters. The van der Waals surface area contributed by atoms with Crippen LogP contribution in [0, 0.1) is 6.92 Å². The van der Waals surface area contributed by atoms with E-state index in [0.717, 1.165) is 44.0 Å². The Morgan fingerprint density at radius 3 is 2.26 bits per heavy atom. The second kappa shape index (κ2) is 9.73. The number of anilines is 2. The Kier molecular flexibility index (Phi) is 7.26. The minimum Gasteiger partial charge on any atom is -0.481 e. The zero-order chi connectivity index (χ0) is 22.6. The zero-order valence-corrected chi connectivity index (χ0v) is 19.9. The van der Waals surface area contributed by atoms with Crippen LogP contribution in [0.3, 0.4) is 0 Å². The first kappa shape index (κ1) is 23.1. The van der Waals surface area contributed by atoms with E-state index < -0.39 is 6.10 Å². The Bertz CT molecular complexity index is 879. The van der Waals surface area contributed by atoms with E-state index in [1.165, 1.54) is 11.3 Å². The lowest BCUT2D eigenvalue weighted by molar-refractivity contribution is -0.122. The highest BCUT2D eigenvalue weighted by Gasteiger charge is 2.19. The number of hydrogen-bond donors (Lipinski definition) is 1. The van der Waals surface area contributed by atoms with Gasteiger partial charge in [0.15, 0.2) is 6.10 Å². The molecule has 0 aliphatic carbocycles. The van der Waals surface area contributed by atoms with Crippen LogP contribution in [0.5, 0.6) is 5.75 Å². The van der Waals surface area contributed by atoms with Crippen molar-refractivity contribution in [2.75, 3.05) is 42.9 Å². The Hall–Kier alpha value is -2.53. The zero-order valence-electron chi connectivity index (χ0n) is 19.9. The molecule has 1 aliphatic rings. The molecule has 168 valence electrons. The highest BCUT2D eigenvalue weighted by atomic mass is 16.5. The topological polar surface area (TPSA) is 44.8 Å². The molecule has 1 heterocycles. The van der Waals surface area contributed by atoms with E-state index in [-0.39, 0.29) is 11.3 Å². The van der Waals surface area contributed by atoms with E-state index in [4.69, 9.17) is 4.74 Å². The summed E-state index contributed by atoms with van der Waals surface area (Å²) in [6.07, 6.45) is -0.582. The van der Waals surface area contributed by atoms with Gasteiger partial charge in [0.05, 0.1) is 0 Å². The summed E-state index contributed by atoms with van der Waals surface area (Å²) in [5.41, 5.74) is 4.44. The Balaban J connectivity index is 1.58. The smallest absolute Gasteiger partial charge is 0.265 e. The lowest BCUT2D eigenvalue weighted by Gasteiger charge is -2.35. The number of carbonyl (C=O) groups is 1. The largest absolute Gasteiger partial charge is 0.481 e. The summed E-state index contributed by atoms with van der Waals surface area (Å²) in [7, 11) is 0. The van der Waals surface area contributed by atoms with Crippen molar-refractivity contribution in [2.24, 2.45) is 0 Å². The molecule has 0 spiro atoms. The van der Waals surface area contributed by atoms with Crippen molar-refractivity contribution >= 4 is 17.3 Å². The number of piperazine rings is 1. The first-order valence-corrected chi connectivity index (χ1v) is 11.3. The molecule has 0 radical (unpaired) electrons. The van der Waals surface area contributed by atoms with Crippen LogP contribution in [0.2, 0.25) is 0 Å². The number of hydrogen-bond acceptors (Lipinski definition) is 4. The van der Waals surface area contributed by atoms with Crippen LogP contribution in [0.15, 0.2) is 42.5 Å². The third-order valence-corrected chi connectivity index (χ3v) is 6.05. The molecular formula is C26H37N3O2. The van der Waals surface area contributed by atoms with Crippen molar-refractivity contribution in [1.82, 2.24) is 4.90 Å². The van der Waals surface area contributed by atoms with Crippen molar-refractivity contribution < 1.29 is 9.53 Å². The molecule has 0 aromatic heterocycles. The summed E-state index contributed by atoms with van der Waals surface area (Å²) in [5.74, 6) is 0.557. The van der Waals surface area contributed by atoms with Gasteiger partial charge in [-0.3, -0.25) is 4.79 Å². The fraction of sp³-hybridized carbons (Fsp3) is 0.500. The molecule has 5 nitrogen and oxygen atoms in total. The molecule has 1 fully saturated rings. The molecule has 2 aromatic carbocycles. The van der Waals surface area contributed by atoms with Crippen LogP contribution in [0.1, 0.15) is 45.7 Å². The molecule has 0 saturated carbocycles. The van der Waals surface area contributed by atoms with Crippen molar-refractivity contribution in [3.8, 4) is 5.75 Å². The van der Waals surface area contributed by atoms with Crippen molar-refractivity contribution in [3.63, 3.8) is 0 Å². The van der Waals surface area contributed by atoms with E-state index in [1.54, 1.807) is 6.92 Å². The monoisotopic (exact) mass is 423 g/mol. The SMILES string of the molecule is CCN1CCN(c2ccc(NC(=O)C(C)Oc3ccc(C(C)(C)C)cc3)c(C)c2)CC1. The summed E-state index contributed by atoms with van der Waals surface area (Å²) in [4.78, 5) is 17.6. The molecule has 0 bridgehead atoms. The number of likely N-dealkylation sites (N-methyl/N-ethyl adjacent to an activating group) is 1. The van der Waals surface area contributed by atoms with E-state index >= 15 is 0 Å². The van der Waals surface area contributed by atoms with Gasteiger partial charge in [0.25, 0.3) is 5.91 Å². The van der Waals surface area contributed by atoms with E-state index in [1.807, 2.05) is 25.1 Å². The fourth-order valence-electron chi connectivity index (χ4n) is 3.83. The number of nitrogens with one attached hydrogen (secondary N) is 1. The fourth-order valence-corrected chi connectivity index (χ4v) is 3.83. The minimum atomic E-state index is -0.582. The maximum Gasteiger partial charge on any atom is 0.265 e.